The van der Waals surface area contributed by atoms with Crippen LogP contribution in [0.1, 0.15) is 5.56 Å². The van der Waals surface area contributed by atoms with Crippen molar-refractivity contribution in [3.05, 3.63) is 60.2 Å². The van der Waals surface area contributed by atoms with Gasteiger partial charge in [0.15, 0.2) is 0 Å². The summed E-state index contributed by atoms with van der Waals surface area (Å²) in [5, 5.41) is 6.52. The van der Waals surface area contributed by atoms with Crippen molar-refractivity contribution in [3.8, 4) is 11.1 Å². The summed E-state index contributed by atoms with van der Waals surface area (Å²) in [5.41, 5.74) is 3.46. The molecule has 22 heavy (non-hydrogen) atoms. The highest BCUT2D eigenvalue weighted by atomic mass is 16.1. The summed E-state index contributed by atoms with van der Waals surface area (Å²) in [6.07, 6.45) is 0.471. The highest BCUT2D eigenvalue weighted by Gasteiger charge is 2.53. The molecule has 3 nitrogen and oxygen atoms in total. The van der Waals surface area contributed by atoms with Gasteiger partial charge in [-0.2, -0.15) is 0 Å². The first-order valence-corrected chi connectivity index (χ1v) is 7.96. The number of carbonyl (C=O) groups excluding carboxylic acids is 1. The van der Waals surface area contributed by atoms with Crippen LogP contribution in [-0.4, -0.2) is 25.0 Å². The van der Waals surface area contributed by atoms with Crippen molar-refractivity contribution >= 4 is 5.91 Å². The SMILES string of the molecule is O=C(Cc1ccc(-c2ccccc2)cc1)NC1[C@H]2CNC[C@@H]12. The van der Waals surface area contributed by atoms with Gasteiger partial charge in [-0.15, -0.1) is 0 Å². The van der Waals surface area contributed by atoms with Crippen molar-refractivity contribution in [1.82, 2.24) is 10.6 Å². The van der Waals surface area contributed by atoms with E-state index < -0.39 is 0 Å². The van der Waals surface area contributed by atoms with Crippen LogP contribution in [0.2, 0.25) is 0 Å². The summed E-state index contributed by atoms with van der Waals surface area (Å²) in [5.74, 6) is 1.49. The van der Waals surface area contributed by atoms with Crippen molar-refractivity contribution < 1.29 is 4.79 Å². The molecule has 2 N–H and O–H groups in total. The van der Waals surface area contributed by atoms with E-state index in [1.807, 2.05) is 18.2 Å². The molecule has 2 fully saturated rings. The maximum atomic E-state index is 12.1. The molecule has 1 aliphatic heterocycles. The maximum absolute atomic E-state index is 12.1. The molecule has 0 aromatic heterocycles. The van der Waals surface area contributed by atoms with Crippen LogP contribution in [0, 0.1) is 11.8 Å². The lowest BCUT2D eigenvalue weighted by Crippen LogP contribution is -2.33. The van der Waals surface area contributed by atoms with Crippen LogP contribution in [0.5, 0.6) is 0 Å². The molecule has 2 aromatic carbocycles. The molecule has 0 bridgehead atoms. The molecular weight excluding hydrogens is 272 g/mol. The molecule has 3 heteroatoms. The molecule has 1 saturated carbocycles. The Morgan fingerprint density at radius 2 is 1.59 bits per heavy atom. The monoisotopic (exact) mass is 292 g/mol. The molecule has 2 aliphatic rings. The molecule has 2 aromatic rings. The number of hydrogen-bond donors (Lipinski definition) is 2. The molecule has 3 atom stereocenters. The number of benzene rings is 2. The van der Waals surface area contributed by atoms with Crippen LogP contribution in [0.25, 0.3) is 11.1 Å². The van der Waals surface area contributed by atoms with Gasteiger partial charge < -0.3 is 10.6 Å². The minimum absolute atomic E-state index is 0.145. The quantitative estimate of drug-likeness (QED) is 0.907. The zero-order valence-electron chi connectivity index (χ0n) is 12.5. The fourth-order valence-corrected chi connectivity index (χ4v) is 3.50. The van der Waals surface area contributed by atoms with Crippen LogP contribution in [-0.2, 0) is 11.2 Å². The average molecular weight is 292 g/mol. The van der Waals surface area contributed by atoms with E-state index in [4.69, 9.17) is 0 Å². The lowest BCUT2D eigenvalue weighted by atomic mass is 10.0. The normalized spacial score (nSPS) is 25.5. The summed E-state index contributed by atoms with van der Waals surface area (Å²) in [7, 11) is 0. The number of carbonyl (C=O) groups is 1. The van der Waals surface area contributed by atoms with Gasteiger partial charge in [-0.1, -0.05) is 54.6 Å². The van der Waals surface area contributed by atoms with Gasteiger partial charge in [0.05, 0.1) is 6.42 Å². The maximum Gasteiger partial charge on any atom is 0.224 e. The van der Waals surface area contributed by atoms with Crippen molar-refractivity contribution in [1.29, 1.82) is 0 Å². The molecule has 4 rings (SSSR count). The minimum atomic E-state index is 0.145. The topological polar surface area (TPSA) is 41.1 Å². The van der Waals surface area contributed by atoms with E-state index in [0.717, 1.165) is 18.7 Å². The van der Waals surface area contributed by atoms with Crippen molar-refractivity contribution in [3.63, 3.8) is 0 Å². The Bertz CT molecular complexity index is 656. The lowest BCUT2D eigenvalue weighted by molar-refractivity contribution is -0.120. The third-order valence-electron chi connectivity index (χ3n) is 4.85. The van der Waals surface area contributed by atoms with Gasteiger partial charge in [0.25, 0.3) is 0 Å². The molecular formula is C19H20N2O. The average Bonchev–Trinajstić information content (AvgIpc) is 2.98. The lowest BCUT2D eigenvalue weighted by Gasteiger charge is -2.08. The molecule has 0 radical (unpaired) electrons. The van der Waals surface area contributed by atoms with E-state index in [-0.39, 0.29) is 5.91 Å². The van der Waals surface area contributed by atoms with Gasteiger partial charge >= 0.3 is 0 Å². The van der Waals surface area contributed by atoms with Crippen LogP contribution >= 0.6 is 0 Å². The van der Waals surface area contributed by atoms with Crippen LogP contribution in [0.4, 0.5) is 0 Å². The second kappa shape index (κ2) is 5.58. The first kappa shape index (κ1) is 13.5. The van der Waals surface area contributed by atoms with E-state index in [2.05, 4.69) is 47.0 Å². The van der Waals surface area contributed by atoms with Crippen LogP contribution < -0.4 is 10.6 Å². The molecule has 112 valence electrons. The van der Waals surface area contributed by atoms with Gasteiger partial charge in [0, 0.05) is 19.1 Å². The van der Waals surface area contributed by atoms with Crippen LogP contribution in [0.15, 0.2) is 54.6 Å². The molecule has 1 heterocycles. The second-order valence-electron chi connectivity index (χ2n) is 6.32. The number of rotatable bonds is 4. The Balaban J connectivity index is 1.36. The van der Waals surface area contributed by atoms with E-state index >= 15 is 0 Å². The number of hydrogen-bond acceptors (Lipinski definition) is 2. The number of nitrogens with one attached hydrogen (secondary N) is 2. The third kappa shape index (κ3) is 2.64. The molecule has 1 saturated heterocycles. The van der Waals surface area contributed by atoms with Gasteiger partial charge in [-0.05, 0) is 28.5 Å². The van der Waals surface area contributed by atoms with Gasteiger partial charge in [0.1, 0.15) is 0 Å². The van der Waals surface area contributed by atoms with Gasteiger partial charge in [-0.3, -0.25) is 4.79 Å². The Hall–Kier alpha value is -2.13. The predicted octanol–water partition coefficient (Wildman–Crippen LogP) is 2.23. The molecule has 1 unspecified atom stereocenters. The molecule has 1 aliphatic carbocycles. The van der Waals surface area contributed by atoms with Crippen molar-refractivity contribution in [2.45, 2.75) is 12.5 Å². The predicted molar refractivity (Wildman–Crippen MR) is 87.4 cm³/mol. The minimum Gasteiger partial charge on any atom is -0.352 e. The highest BCUT2D eigenvalue weighted by molar-refractivity contribution is 5.79. The summed E-state index contributed by atoms with van der Waals surface area (Å²) < 4.78 is 0. The van der Waals surface area contributed by atoms with Crippen molar-refractivity contribution in [2.24, 2.45) is 11.8 Å². The smallest absolute Gasteiger partial charge is 0.224 e. The van der Waals surface area contributed by atoms with E-state index in [1.165, 1.54) is 11.1 Å². The van der Waals surface area contributed by atoms with Crippen molar-refractivity contribution in [2.75, 3.05) is 13.1 Å². The van der Waals surface area contributed by atoms with E-state index in [1.54, 1.807) is 0 Å². The number of piperidine rings is 1. The zero-order valence-corrected chi connectivity index (χ0v) is 12.5. The standard InChI is InChI=1S/C19H20N2O/c22-18(21-19-16-11-20-12-17(16)19)10-13-6-8-15(9-7-13)14-4-2-1-3-5-14/h1-9,16-17,19-20H,10-12H2,(H,21,22)/t16-,17+,19?. The van der Waals surface area contributed by atoms with E-state index in [0.29, 0.717) is 24.3 Å². The largest absolute Gasteiger partial charge is 0.352 e. The van der Waals surface area contributed by atoms with Gasteiger partial charge in [-0.25, -0.2) is 0 Å². The fraction of sp³-hybridized carbons (Fsp3) is 0.316. The first-order valence-electron chi connectivity index (χ1n) is 7.96. The number of fused-ring (bicyclic) bond motifs is 1. The van der Waals surface area contributed by atoms with Crippen LogP contribution in [0.3, 0.4) is 0 Å². The van der Waals surface area contributed by atoms with E-state index in [9.17, 15) is 4.79 Å². The van der Waals surface area contributed by atoms with Gasteiger partial charge in [0.2, 0.25) is 5.91 Å². The Kier molecular flexibility index (Phi) is 3.43. The summed E-state index contributed by atoms with van der Waals surface area (Å²) in [6.45, 7) is 2.11. The number of amides is 1. The first-order chi connectivity index (χ1) is 10.8. The zero-order chi connectivity index (χ0) is 14.9. The Morgan fingerprint density at radius 3 is 2.27 bits per heavy atom. The second-order valence-corrected chi connectivity index (χ2v) is 6.32. The Morgan fingerprint density at radius 1 is 0.955 bits per heavy atom. The fourth-order valence-electron chi connectivity index (χ4n) is 3.50. The Labute approximate surface area is 130 Å². The molecule has 1 amide bonds. The molecule has 0 spiro atoms. The highest BCUT2D eigenvalue weighted by Crippen LogP contribution is 2.41. The summed E-state index contributed by atoms with van der Waals surface area (Å²) in [6, 6.07) is 19.0. The summed E-state index contributed by atoms with van der Waals surface area (Å²) in [4.78, 5) is 12.1. The third-order valence-corrected chi connectivity index (χ3v) is 4.85. The summed E-state index contributed by atoms with van der Waals surface area (Å²) >= 11 is 0.